The van der Waals surface area contributed by atoms with Crippen molar-refractivity contribution in [2.45, 2.75) is 25.7 Å². The average Bonchev–Trinajstić information content (AvgIpc) is 2.67. The number of hydrogen-bond donors (Lipinski definition) is 1. The van der Waals surface area contributed by atoms with Gasteiger partial charge in [-0.25, -0.2) is 4.79 Å². The maximum absolute atomic E-state index is 12.3. The van der Waals surface area contributed by atoms with Crippen LogP contribution >= 0.6 is 0 Å². The largest absolute Gasteiger partial charge is 0.468 e. The number of methoxy groups -OCH3 is 1. The molecule has 0 aromatic heterocycles. The Balaban J connectivity index is 2.05. The first-order chi connectivity index (χ1) is 8.50. The van der Waals surface area contributed by atoms with E-state index in [1.165, 1.54) is 12.0 Å². The molecule has 1 unspecified atom stereocenters. The zero-order valence-corrected chi connectivity index (χ0v) is 10.3. The van der Waals surface area contributed by atoms with Gasteiger partial charge in [0.1, 0.15) is 5.92 Å². The van der Waals surface area contributed by atoms with Crippen LogP contribution in [-0.2, 0) is 14.3 Å². The Kier molecular flexibility index (Phi) is 3.28. The summed E-state index contributed by atoms with van der Waals surface area (Å²) in [5.74, 6) is -1.16. The van der Waals surface area contributed by atoms with E-state index in [9.17, 15) is 14.4 Å². The Hall–Kier alpha value is -1.59. The van der Waals surface area contributed by atoms with Gasteiger partial charge in [0, 0.05) is 18.5 Å². The molecular formula is C12H17NO5. The second-order valence-corrected chi connectivity index (χ2v) is 5.03. The van der Waals surface area contributed by atoms with Crippen molar-refractivity contribution in [3.8, 4) is 0 Å². The zero-order chi connectivity index (χ0) is 13.3. The van der Waals surface area contributed by atoms with Crippen LogP contribution in [0.3, 0.4) is 0 Å². The minimum Gasteiger partial charge on any atom is -0.468 e. The van der Waals surface area contributed by atoms with Crippen LogP contribution in [0.4, 0.5) is 4.79 Å². The van der Waals surface area contributed by atoms with E-state index in [0.29, 0.717) is 38.8 Å². The molecule has 1 amide bonds. The van der Waals surface area contributed by atoms with Crippen LogP contribution in [0.15, 0.2) is 0 Å². The molecule has 0 bridgehead atoms. The van der Waals surface area contributed by atoms with Crippen LogP contribution in [0.25, 0.3) is 0 Å². The second-order valence-electron chi connectivity index (χ2n) is 5.03. The van der Waals surface area contributed by atoms with Crippen molar-refractivity contribution in [3.05, 3.63) is 0 Å². The maximum atomic E-state index is 12.3. The van der Waals surface area contributed by atoms with Gasteiger partial charge in [-0.3, -0.25) is 9.59 Å². The van der Waals surface area contributed by atoms with Gasteiger partial charge in [0.05, 0.1) is 7.11 Å². The summed E-state index contributed by atoms with van der Waals surface area (Å²) in [7, 11) is 1.29. The van der Waals surface area contributed by atoms with Crippen molar-refractivity contribution in [3.63, 3.8) is 0 Å². The van der Waals surface area contributed by atoms with Gasteiger partial charge in [-0.05, 0) is 25.7 Å². The number of esters is 1. The van der Waals surface area contributed by atoms with Crippen molar-refractivity contribution in [1.29, 1.82) is 0 Å². The number of hydrogen-bond acceptors (Lipinski definition) is 4. The number of amides is 1. The number of ether oxygens (including phenoxy) is 1. The van der Waals surface area contributed by atoms with Gasteiger partial charge < -0.3 is 14.7 Å². The number of piperidine rings is 1. The SMILES string of the molecule is COC(=O)C1CCC2(CCN(C(=O)O)CC2)C1=O. The number of nitrogens with zero attached hydrogens (tertiary/aromatic N) is 1. The Morgan fingerprint density at radius 1 is 1.33 bits per heavy atom. The molecule has 1 atom stereocenters. The van der Waals surface area contributed by atoms with Crippen LogP contribution in [0.5, 0.6) is 0 Å². The first-order valence-corrected chi connectivity index (χ1v) is 6.10. The summed E-state index contributed by atoms with van der Waals surface area (Å²) >= 11 is 0. The number of carboxylic acid groups (broad SMARTS) is 1. The van der Waals surface area contributed by atoms with Crippen LogP contribution in [-0.4, -0.2) is 48.1 Å². The molecule has 0 aromatic carbocycles. The number of ketones is 1. The molecule has 1 saturated carbocycles. The van der Waals surface area contributed by atoms with Gasteiger partial charge in [-0.2, -0.15) is 0 Å². The molecular weight excluding hydrogens is 238 g/mol. The topological polar surface area (TPSA) is 83.9 Å². The average molecular weight is 255 g/mol. The van der Waals surface area contributed by atoms with E-state index < -0.39 is 23.4 Å². The normalized spacial score (nSPS) is 26.4. The fourth-order valence-electron chi connectivity index (χ4n) is 3.03. The summed E-state index contributed by atoms with van der Waals surface area (Å²) in [5, 5.41) is 8.88. The molecule has 2 fully saturated rings. The fraction of sp³-hybridized carbons (Fsp3) is 0.750. The molecule has 2 rings (SSSR count). The van der Waals surface area contributed by atoms with Gasteiger partial charge in [0.2, 0.25) is 0 Å². The molecule has 6 nitrogen and oxygen atoms in total. The van der Waals surface area contributed by atoms with Gasteiger partial charge in [-0.15, -0.1) is 0 Å². The van der Waals surface area contributed by atoms with Gasteiger partial charge in [0.15, 0.2) is 5.78 Å². The number of carbonyl (C=O) groups is 3. The Labute approximate surface area is 105 Å². The molecule has 1 heterocycles. The van der Waals surface area contributed by atoms with Crippen LogP contribution in [0.2, 0.25) is 0 Å². The lowest BCUT2D eigenvalue weighted by Gasteiger charge is -2.36. The molecule has 18 heavy (non-hydrogen) atoms. The first-order valence-electron chi connectivity index (χ1n) is 6.10. The molecule has 1 saturated heterocycles. The molecule has 1 spiro atoms. The van der Waals surface area contributed by atoms with Crippen LogP contribution in [0, 0.1) is 11.3 Å². The highest BCUT2D eigenvalue weighted by Gasteiger charge is 2.51. The van der Waals surface area contributed by atoms with Crippen molar-refractivity contribution >= 4 is 17.8 Å². The lowest BCUT2D eigenvalue weighted by Crippen LogP contribution is -2.45. The monoisotopic (exact) mass is 255 g/mol. The molecule has 100 valence electrons. The van der Waals surface area contributed by atoms with Crippen molar-refractivity contribution in [2.75, 3.05) is 20.2 Å². The summed E-state index contributed by atoms with van der Waals surface area (Å²) in [6, 6.07) is 0. The summed E-state index contributed by atoms with van der Waals surface area (Å²) in [6.07, 6.45) is 1.29. The second kappa shape index (κ2) is 4.59. The highest BCUT2D eigenvalue weighted by atomic mass is 16.5. The van der Waals surface area contributed by atoms with E-state index in [1.807, 2.05) is 0 Å². The van der Waals surface area contributed by atoms with E-state index in [4.69, 9.17) is 5.11 Å². The minimum absolute atomic E-state index is 0.0561. The molecule has 0 radical (unpaired) electrons. The van der Waals surface area contributed by atoms with E-state index in [1.54, 1.807) is 0 Å². The third kappa shape index (κ3) is 1.95. The summed E-state index contributed by atoms with van der Waals surface area (Å²) < 4.78 is 4.63. The number of likely N-dealkylation sites (tertiary alicyclic amines) is 1. The van der Waals surface area contributed by atoms with E-state index in [0.717, 1.165) is 0 Å². The van der Waals surface area contributed by atoms with Crippen molar-refractivity contribution in [2.24, 2.45) is 11.3 Å². The van der Waals surface area contributed by atoms with Crippen molar-refractivity contribution in [1.82, 2.24) is 4.90 Å². The Morgan fingerprint density at radius 2 is 1.94 bits per heavy atom. The number of Topliss-reactive ketones (excluding diaryl/α,β-unsaturated/α-hetero) is 1. The zero-order valence-electron chi connectivity index (χ0n) is 10.3. The summed E-state index contributed by atoms with van der Waals surface area (Å²) in [5.41, 5.74) is -0.495. The predicted molar refractivity (Wildman–Crippen MR) is 61.0 cm³/mol. The number of rotatable bonds is 1. The number of carbonyl (C=O) groups excluding carboxylic acids is 2. The summed E-state index contributed by atoms with van der Waals surface area (Å²) in [6.45, 7) is 0.740. The van der Waals surface area contributed by atoms with Crippen LogP contribution < -0.4 is 0 Å². The first kappa shape index (κ1) is 12.9. The Bertz CT molecular complexity index is 384. The standard InChI is InChI=1S/C12H17NO5/c1-18-10(15)8-2-3-12(9(8)14)4-6-13(7-5-12)11(16)17/h8H,2-7H2,1H3,(H,16,17). The van der Waals surface area contributed by atoms with Crippen molar-refractivity contribution < 1.29 is 24.2 Å². The van der Waals surface area contributed by atoms with Crippen LogP contribution in [0.1, 0.15) is 25.7 Å². The lowest BCUT2D eigenvalue weighted by molar-refractivity contribution is -0.150. The maximum Gasteiger partial charge on any atom is 0.407 e. The highest BCUT2D eigenvalue weighted by molar-refractivity contribution is 6.03. The van der Waals surface area contributed by atoms with E-state index in [-0.39, 0.29) is 5.78 Å². The van der Waals surface area contributed by atoms with Gasteiger partial charge in [-0.1, -0.05) is 0 Å². The fourth-order valence-corrected chi connectivity index (χ4v) is 3.03. The highest BCUT2D eigenvalue weighted by Crippen LogP contribution is 2.46. The van der Waals surface area contributed by atoms with Gasteiger partial charge >= 0.3 is 12.1 Å². The van der Waals surface area contributed by atoms with Gasteiger partial charge in [0.25, 0.3) is 0 Å². The predicted octanol–water partition coefficient (Wildman–Crippen LogP) is 0.899. The molecule has 1 aliphatic carbocycles. The molecule has 6 heteroatoms. The van der Waals surface area contributed by atoms with E-state index in [2.05, 4.69) is 4.74 Å². The molecule has 1 N–H and O–H groups in total. The smallest absolute Gasteiger partial charge is 0.407 e. The summed E-state index contributed by atoms with van der Waals surface area (Å²) in [4.78, 5) is 35.9. The van der Waals surface area contributed by atoms with E-state index >= 15 is 0 Å². The quantitative estimate of drug-likeness (QED) is 0.556. The third-order valence-corrected chi connectivity index (χ3v) is 4.23. The molecule has 1 aliphatic heterocycles. The minimum atomic E-state index is -0.945. The Morgan fingerprint density at radius 3 is 2.44 bits per heavy atom. The molecule has 0 aromatic rings. The third-order valence-electron chi connectivity index (χ3n) is 4.23. The molecule has 2 aliphatic rings. The lowest BCUT2D eigenvalue weighted by atomic mass is 9.75.